The van der Waals surface area contributed by atoms with Gasteiger partial charge in [0.25, 0.3) is 0 Å². The highest BCUT2D eigenvalue weighted by Gasteiger charge is 2.45. The smallest absolute Gasteiger partial charge is 0.132 e. The van der Waals surface area contributed by atoms with Crippen molar-refractivity contribution >= 4 is 5.69 Å². The monoisotopic (exact) mass is 432 g/mol. The van der Waals surface area contributed by atoms with Crippen LogP contribution in [0.25, 0.3) is 0 Å². The lowest BCUT2D eigenvalue weighted by molar-refractivity contribution is -0.101. The number of benzene rings is 3. The van der Waals surface area contributed by atoms with Crippen LogP contribution in [0.5, 0.6) is 11.5 Å². The minimum Gasteiger partial charge on any atom is -0.497 e. The van der Waals surface area contributed by atoms with Crippen LogP contribution in [0, 0.1) is 17.1 Å². The summed E-state index contributed by atoms with van der Waals surface area (Å²) in [5.74, 6) is 1.17. The van der Waals surface area contributed by atoms with Crippen LogP contribution in [0.4, 0.5) is 10.1 Å². The van der Waals surface area contributed by atoms with Crippen molar-refractivity contribution in [2.45, 2.75) is 38.2 Å². The maximum atomic E-state index is 13.4. The lowest BCUT2D eigenvalue weighted by atomic mass is 9.85. The summed E-state index contributed by atoms with van der Waals surface area (Å²) >= 11 is 0. The largest absolute Gasteiger partial charge is 0.497 e. The lowest BCUT2D eigenvalue weighted by Crippen LogP contribution is -2.52. The van der Waals surface area contributed by atoms with E-state index < -0.39 is 11.7 Å². The molecule has 6 heteroatoms. The summed E-state index contributed by atoms with van der Waals surface area (Å²) in [5.41, 5.74) is 2.45. The van der Waals surface area contributed by atoms with Crippen LogP contribution < -0.4 is 14.8 Å². The fourth-order valence-electron chi connectivity index (χ4n) is 3.94. The number of nitrogens with one attached hydrogen (secondary N) is 1. The van der Waals surface area contributed by atoms with Crippen LogP contribution >= 0.6 is 0 Å². The first-order chi connectivity index (χ1) is 15.4. The van der Waals surface area contributed by atoms with Crippen molar-refractivity contribution in [3.63, 3.8) is 0 Å². The summed E-state index contributed by atoms with van der Waals surface area (Å²) in [6.45, 7) is 4.33. The van der Waals surface area contributed by atoms with Crippen molar-refractivity contribution in [2.75, 3.05) is 12.4 Å². The van der Waals surface area contributed by atoms with E-state index in [9.17, 15) is 9.65 Å². The van der Waals surface area contributed by atoms with E-state index in [4.69, 9.17) is 14.2 Å². The Morgan fingerprint density at radius 2 is 1.78 bits per heavy atom. The maximum Gasteiger partial charge on any atom is 0.132 e. The van der Waals surface area contributed by atoms with E-state index in [1.807, 2.05) is 50.2 Å². The van der Waals surface area contributed by atoms with Crippen molar-refractivity contribution in [3.8, 4) is 17.6 Å². The van der Waals surface area contributed by atoms with E-state index in [0.29, 0.717) is 17.9 Å². The fraction of sp³-hybridized carbons (Fsp3) is 0.269. The molecule has 0 aromatic heterocycles. The van der Waals surface area contributed by atoms with Gasteiger partial charge in [0, 0.05) is 11.3 Å². The molecule has 32 heavy (non-hydrogen) atoms. The number of halogens is 1. The van der Waals surface area contributed by atoms with Crippen LogP contribution in [0.15, 0.2) is 66.7 Å². The van der Waals surface area contributed by atoms with Crippen LogP contribution in [0.3, 0.4) is 0 Å². The second-order valence-electron chi connectivity index (χ2n) is 8.28. The van der Waals surface area contributed by atoms with Gasteiger partial charge in [0.2, 0.25) is 0 Å². The van der Waals surface area contributed by atoms with Crippen LogP contribution in [0.1, 0.15) is 36.6 Å². The van der Waals surface area contributed by atoms with E-state index in [1.165, 1.54) is 12.1 Å². The Morgan fingerprint density at radius 3 is 2.44 bits per heavy atom. The zero-order valence-electron chi connectivity index (χ0n) is 18.3. The summed E-state index contributed by atoms with van der Waals surface area (Å²) in [5, 5.41) is 12.9. The maximum absolute atomic E-state index is 13.4. The summed E-state index contributed by atoms with van der Waals surface area (Å²) in [7, 11) is 1.63. The molecule has 0 saturated carbocycles. The van der Waals surface area contributed by atoms with Gasteiger partial charge < -0.3 is 19.5 Å². The molecule has 0 bridgehead atoms. The number of hydrogen-bond acceptors (Lipinski definition) is 5. The molecule has 0 radical (unpaired) electrons. The SMILES string of the molecule is COc1ccc(CO[C@@H]2[C@@H](Nc3ccc(F)cc3)c3cc(C#N)ccc3OC2(C)C)cc1. The predicted octanol–water partition coefficient (Wildman–Crippen LogP) is 5.62. The normalized spacial score (nSPS) is 18.7. The predicted molar refractivity (Wildman–Crippen MR) is 120 cm³/mol. The number of anilines is 1. The molecule has 3 aromatic carbocycles. The quantitative estimate of drug-likeness (QED) is 0.548. The highest BCUT2D eigenvalue weighted by atomic mass is 19.1. The number of ether oxygens (including phenoxy) is 3. The molecule has 0 fully saturated rings. The standard InChI is InChI=1S/C26H25FN2O3/c1-26(2)25(31-16-17-4-11-21(30-3)12-5-17)24(29-20-9-7-19(27)8-10-20)22-14-18(15-28)6-13-23(22)32-26/h4-14,24-25,29H,16H2,1-3H3/t24-,25+/m0/s1. The molecule has 5 nitrogen and oxygen atoms in total. The number of nitriles is 1. The average molecular weight is 432 g/mol. The second kappa shape index (κ2) is 8.89. The van der Waals surface area contributed by atoms with Gasteiger partial charge >= 0.3 is 0 Å². The summed E-state index contributed by atoms with van der Waals surface area (Å²) in [6, 6.07) is 21.1. The molecule has 4 rings (SSSR count). The highest BCUT2D eigenvalue weighted by Crippen LogP contribution is 2.43. The molecular weight excluding hydrogens is 407 g/mol. The Balaban J connectivity index is 1.68. The van der Waals surface area contributed by atoms with Gasteiger partial charge in [-0.1, -0.05) is 12.1 Å². The molecule has 0 unspecified atom stereocenters. The Kier molecular flexibility index (Phi) is 6.02. The third kappa shape index (κ3) is 4.53. The lowest BCUT2D eigenvalue weighted by Gasteiger charge is -2.45. The van der Waals surface area contributed by atoms with Crippen LogP contribution in [0.2, 0.25) is 0 Å². The van der Waals surface area contributed by atoms with Crippen LogP contribution in [-0.2, 0) is 11.3 Å². The number of methoxy groups -OCH3 is 1. The number of nitrogens with zero attached hydrogens (tertiary/aromatic N) is 1. The van der Waals surface area contributed by atoms with Gasteiger partial charge in [0.1, 0.15) is 29.0 Å². The number of hydrogen-bond donors (Lipinski definition) is 1. The first-order valence-corrected chi connectivity index (χ1v) is 10.4. The van der Waals surface area contributed by atoms with Gasteiger partial charge in [-0.2, -0.15) is 5.26 Å². The molecule has 1 heterocycles. The van der Waals surface area contributed by atoms with Crippen molar-refractivity contribution < 1.29 is 18.6 Å². The average Bonchev–Trinajstić information content (AvgIpc) is 2.79. The number of fused-ring (bicyclic) bond motifs is 1. The first kappa shape index (κ1) is 21.7. The molecule has 3 aromatic rings. The van der Waals surface area contributed by atoms with Crippen molar-refractivity contribution in [1.82, 2.24) is 0 Å². The Hall–Kier alpha value is -3.56. The molecule has 164 valence electrons. The van der Waals surface area contributed by atoms with Crippen molar-refractivity contribution in [2.24, 2.45) is 0 Å². The molecule has 1 aliphatic heterocycles. The van der Waals surface area contributed by atoms with Gasteiger partial charge in [-0.15, -0.1) is 0 Å². The molecular formula is C26H25FN2O3. The zero-order valence-corrected chi connectivity index (χ0v) is 18.3. The highest BCUT2D eigenvalue weighted by molar-refractivity contribution is 5.52. The summed E-state index contributed by atoms with van der Waals surface area (Å²) in [6.07, 6.45) is -0.393. The molecule has 0 spiro atoms. The summed E-state index contributed by atoms with van der Waals surface area (Å²) in [4.78, 5) is 0. The minimum absolute atomic E-state index is 0.303. The van der Waals surface area contributed by atoms with Crippen molar-refractivity contribution in [1.29, 1.82) is 5.26 Å². The van der Waals surface area contributed by atoms with Gasteiger partial charge in [0.15, 0.2) is 0 Å². The Morgan fingerprint density at radius 1 is 1.06 bits per heavy atom. The third-order valence-electron chi connectivity index (χ3n) is 5.59. The van der Waals surface area contributed by atoms with E-state index in [2.05, 4.69) is 11.4 Å². The van der Waals surface area contributed by atoms with E-state index in [-0.39, 0.29) is 11.9 Å². The second-order valence-corrected chi connectivity index (χ2v) is 8.28. The number of rotatable bonds is 6. The van der Waals surface area contributed by atoms with Crippen LogP contribution in [-0.4, -0.2) is 18.8 Å². The Labute approximate surface area is 187 Å². The van der Waals surface area contributed by atoms with Gasteiger partial charge in [-0.05, 0) is 74.0 Å². The van der Waals surface area contributed by atoms with E-state index >= 15 is 0 Å². The molecule has 1 N–H and O–H groups in total. The molecule has 0 amide bonds. The first-order valence-electron chi connectivity index (χ1n) is 10.4. The molecule has 2 atom stereocenters. The van der Waals surface area contributed by atoms with E-state index in [1.54, 1.807) is 25.3 Å². The van der Waals surface area contributed by atoms with E-state index in [0.717, 1.165) is 22.6 Å². The molecule has 1 aliphatic rings. The van der Waals surface area contributed by atoms with Gasteiger partial charge in [-0.25, -0.2) is 4.39 Å². The fourth-order valence-corrected chi connectivity index (χ4v) is 3.94. The van der Waals surface area contributed by atoms with Gasteiger partial charge in [-0.3, -0.25) is 0 Å². The third-order valence-corrected chi connectivity index (χ3v) is 5.59. The zero-order chi connectivity index (χ0) is 22.7. The Bertz CT molecular complexity index is 1120. The van der Waals surface area contributed by atoms with Gasteiger partial charge in [0.05, 0.1) is 31.4 Å². The minimum atomic E-state index is -0.661. The van der Waals surface area contributed by atoms with Crippen molar-refractivity contribution in [3.05, 3.63) is 89.2 Å². The summed E-state index contributed by atoms with van der Waals surface area (Å²) < 4.78 is 31.4. The molecule has 0 saturated heterocycles. The topological polar surface area (TPSA) is 63.5 Å². The molecule has 0 aliphatic carbocycles.